The van der Waals surface area contributed by atoms with Crippen LogP contribution in [0.15, 0.2) is 12.1 Å². The van der Waals surface area contributed by atoms with Crippen LogP contribution in [0.1, 0.15) is 29.4 Å². The van der Waals surface area contributed by atoms with Crippen LogP contribution in [0, 0.1) is 5.92 Å². The van der Waals surface area contributed by atoms with Crippen molar-refractivity contribution in [2.75, 3.05) is 11.9 Å². The molecule has 5 nitrogen and oxygen atoms in total. The van der Waals surface area contributed by atoms with Gasteiger partial charge in [-0.3, -0.25) is 9.59 Å². The maximum Gasteiger partial charge on any atom is 0.261 e. The summed E-state index contributed by atoms with van der Waals surface area (Å²) in [6.07, 6.45) is 1.35. The average Bonchev–Trinajstić information content (AvgIpc) is 3.07. The molecule has 2 rings (SSSR count). The van der Waals surface area contributed by atoms with E-state index in [-0.39, 0.29) is 24.3 Å². The molecule has 1 aliphatic rings. The van der Waals surface area contributed by atoms with Gasteiger partial charge in [-0.25, -0.2) is 0 Å². The Labute approximate surface area is 109 Å². The maximum atomic E-state index is 11.7. The third-order valence-electron chi connectivity index (χ3n) is 2.58. The summed E-state index contributed by atoms with van der Waals surface area (Å²) in [4.78, 5) is 23.7. The molecule has 3 N–H and O–H groups in total. The topological polar surface area (TPSA) is 78.4 Å². The summed E-state index contributed by atoms with van der Waals surface area (Å²) in [5, 5.41) is 15.2. The quantitative estimate of drug-likeness (QED) is 0.751. The number of nitrogens with one attached hydrogen (secondary N) is 2. The highest BCUT2D eigenvalue weighted by Crippen LogP contribution is 2.31. The number of hydrogen-bond acceptors (Lipinski definition) is 4. The second-order valence-electron chi connectivity index (χ2n) is 4.49. The molecule has 0 bridgehead atoms. The minimum Gasteiger partial charge on any atom is -0.392 e. The predicted octanol–water partition coefficient (Wildman–Crippen LogP) is 1.21. The maximum absolute atomic E-state index is 11.7. The van der Waals surface area contributed by atoms with E-state index in [1.165, 1.54) is 11.3 Å². The molecule has 6 heteroatoms. The molecule has 1 aromatic rings. The normalized spacial score (nSPS) is 16.1. The lowest BCUT2D eigenvalue weighted by Gasteiger charge is -2.05. The first-order valence-corrected chi connectivity index (χ1v) is 6.75. The molecule has 18 heavy (non-hydrogen) atoms. The zero-order valence-corrected chi connectivity index (χ0v) is 10.9. The smallest absolute Gasteiger partial charge is 0.261 e. The van der Waals surface area contributed by atoms with Gasteiger partial charge in [0.15, 0.2) is 0 Å². The van der Waals surface area contributed by atoms with Crippen LogP contribution < -0.4 is 10.6 Å². The lowest BCUT2D eigenvalue weighted by atomic mass is 10.3. The van der Waals surface area contributed by atoms with Crippen molar-refractivity contribution in [1.82, 2.24) is 5.32 Å². The zero-order chi connectivity index (χ0) is 13.1. The summed E-state index contributed by atoms with van der Waals surface area (Å²) in [6, 6.07) is 3.40. The average molecular weight is 268 g/mol. The Balaban J connectivity index is 1.88. The van der Waals surface area contributed by atoms with E-state index in [0.717, 1.165) is 12.8 Å². The van der Waals surface area contributed by atoms with Crippen LogP contribution in [0.5, 0.6) is 0 Å². The van der Waals surface area contributed by atoms with Crippen molar-refractivity contribution in [2.45, 2.75) is 25.9 Å². The molecule has 0 aromatic carbocycles. The molecule has 1 aromatic heterocycles. The Morgan fingerprint density at radius 1 is 1.50 bits per heavy atom. The molecule has 1 fully saturated rings. The molecule has 1 saturated carbocycles. The van der Waals surface area contributed by atoms with E-state index in [4.69, 9.17) is 5.11 Å². The predicted molar refractivity (Wildman–Crippen MR) is 69.7 cm³/mol. The minimum absolute atomic E-state index is 0.0350. The fraction of sp³-hybridized carbons (Fsp3) is 0.500. The summed E-state index contributed by atoms with van der Waals surface area (Å²) in [7, 11) is 0. The molecular formula is C12H16N2O3S. The van der Waals surface area contributed by atoms with Crippen LogP contribution in [-0.2, 0) is 4.79 Å². The van der Waals surface area contributed by atoms with Crippen molar-refractivity contribution < 1.29 is 14.7 Å². The monoisotopic (exact) mass is 268 g/mol. The zero-order valence-electron chi connectivity index (χ0n) is 10.1. The number of carbonyl (C=O) groups excluding carboxylic acids is 2. The van der Waals surface area contributed by atoms with Gasteiger partial charge in [-0.15, -0.1) is 11.3 Å². The Morgan fingerprint density at radius 3 is 2.83 bits per heavy atom. The highest BCUT2D eigenvalue weighted by molar-refractivity contribution is 7.18. The molecule has 0 saturated heterocycles. The summed E-state index contributed by atoms with van der Waals surface area (Å²) in [5.74, 6) is -0.0415. The number of aliphatic hydroxyl groups excluding tert-OH is 1. The number of amides is 2. The van der Waals surface area contributed by atoms with E-state index >= 15 is 0 Å². The van der Waals surface area contributed by atoms with Gasteiger partial charge in [0.05, 0.1) is 16.0 Å². The van der Waals surface area contributed by atoms with Crippen molar-refractivity contribution in [3.05, 3.63) is 17.0 Å². The molecule has 0 unspecified atom stereocenters. The number of anilines is 1. The largest absolute Gasteiger partial charge is 0.392 e. The van der Waals surface area contributed by atoms with Crippen molar-refractivity contribution in [3.63, 3.8) is 0 Å². The highest BCUT2D eigenvalue weighted by Gasteiger charge is 2.29. The van der Waals surface area contributed by atoms with Gasteiger partial charge in [-0.05, 0) is 31.9 Å². The second-order valence-corrected chi connectivity index (χ2v) is 5.57. The number of carbonyl (C=O) groups is 2. The van der Waals surface area contributed by atoms with E-state index in [0.29, 0.717) is 9.88 Å². The fourth-order valence-electron chi connectivity index (χ4n) is 1.42. The van der Waals surface area contributed by atoms with Crippen LogP contribution in [0.3, 0.4) is 0 Å². The van der Waals surface area contributed by atoms with E-state index in [1.54, 1.807) is 19.1 Å². The molecule has 1 aliphatic carbocycles. The molecule has 1 heterocycles. The summed E-state index contributed by atoms with van der Waals surface area (Å²) in [6.45, 7) is 1.83. The first kappa shape index (κ1) is 13.0. The van der Waals surface area contributed by atoms with Gasteiger partial charge in [0.2, 0.25) is 5.91 Å². The number of aliphatic hydroxyl groups is 1. The van der Waals surface area contributed by atoms with E-state index in [9.17, 15) is 9.59 Å². The number of thiophene rings is 1. The second kappa shape index (κ2) is 5.49. The summed E-state index contributed by atoms with van der Waals surface area (Å²) in [5.41, 5.74) is 0. The Bertz CT molecular complexity index is 452. The first-order valence-electron chi connectivity index (χ1n) is 5.93. The van der Waals surface area contributed by atoms with Crippen molar-refractivity contribution in [3.8, 4) is 0 Å². The lowest BCUT2D eigenvalue weighted by Crippen LogP contribution is -2.29. The summed E-state index contributed by atoms with van der Waals surface area (Å²) >= 11 is 1.24. The van der Waals surface area contributed by atoms with Crippen molar-refractivity contribution in [1.29, 1.82) is 0 Å². The van der Waals surface area contributed by atoms with Crippen LogP contribution in [0.4, 0.5) is 5.00 Å². The fourth-order valence-corrected chi connectivity index (χ4v) is 2.25. The van der Waals surface area contributed by atoms with Crippen LogP contribution in [0.25, 0.3) is 0 Å². The van der Waals surface area contributed by atoms with Crippen molar-refractivity contribution in [2.24, 2.45) is 5.92 Å². The molecule has 0 aliphatic heterocycles. The Morgan fingerprint density at radius 2 is 2.22 bits per heavy atom. The third-order valence-corrected chi connectivity index (χ3v) is 3.58. The number of rotatable bonds is 5. The molecule has 2 amide bonds. The van der Waals surface area contributed by atoms with Gasteiger partial charge in [0, 0.05) is 12.5 Å². The SMILES string of the molecule is C[C@@H](O)CNC(=O)c1ccc(NC(=O)C2CC2)s1. The molecule has 98 valence electrons. The van der Waals surface area contributed by atoms with Gasteiger partial charge in [-0.2, -0.15) is 0 Å². The lowest BCUT2D eigenvalue weighted by molar-refractivity contribution is -0.117. The van der Waals surface area contributed by atoms with Crippen LogP contribution in [-0.4, -0.2) is 29.6 Å². The molecular weight excluding hydrogens is 252 g/mol. The van der Waals surface area contributed by atoms with E-state index < -0.39 is 6.10 Å². The van der Waals surface area contributed by atoms with Gasteiger partial charge in [0.25, 0.3) is 5.91 Å². The minimum atomic E-state index is -0.567. The van der Waals surface area contributed by atoms with Crippen molar-refractivity contribution >= 4 is 28.2 Å². The molecule has 0 radical (unpaired) electrons. The third kappa shape index (κ3) is 3.54. The highest BCUT2D eigenvalue weighted by atomic mass is 32.1. The van der Waals surface area contributed by atoms with Crippen LogP contribution in [0.2, 0.25) is 0 Å². The standard InChI is InChI=1S/C12H16N2O3S/c1-7(15)6-13-12(17)9-4-5-10(18-9)14-11(16)8-2-3-8/h4-5,7-8,15H,2-3,6H2,1H3,(H,13,17)(H,14,16)/t7-/m1/s1. The molecule has 0 spiro atoms. The first-order chi connectivity index (χ1) is 8.56. The Hall–Kier alpha value is -1.40. The number of hydrogen-bond donors (Lipinski definition) is 3. The summed E-state index contributed by atoms with van der Waals surface area (Å²) < 4.78 is 0. The Kier molecular flexibility index (Phi) is 3.98. The van der Waals surface area contributed by atoms with Gasteiger partial charge in [-0.1, -0.05) is 0 Å². The van der Waals surface area contributed by atoms with E-state index in [1.807, 2.05) is 0 Å². The van der Waals surface area contributed by atoms with Gasteiger partial charge < -0.3 is 15.7 Å². The van der Waals surface area contributed by atoms with Gasteiger partial charge >= 0.3 is 0 Å². The van der Waals surface area contributed by atoms with Gasteiger partial charge in [0.1, 0.15) is 0 Å². The molecule has 1 atom stereocenters. The van der Waals surface area contributed by atoms with E-state index in [2.05, 4.69) is 10.6 Å². The van der Waals surface area contributed by atoms with Crippen LogP contribution >= 0.6 is 11.3 Å².